The van der Waals surface area contributed by atoms with Gasteiger partial charge in [0.15, 0.2) is 5.84 Å². The molecule has 1 aliphatic heterocycles. The van der Waals surface area contributed by atoms with Crippen molar-refractivity contribution in [2.24, 2.45) is 22.7 Å². The molecule has 0 aliphatic carbocycles. The number of amidine groups is 1. The van der Waals surface area contributed by atoms with Gasteiger partial charge < -0.3 is 21.0 Å². The Morgan fingerprint density at radius 3 is 2.59 bits per heavy atom. The number of hydrogen-bond donors (Lipinski definition) is 3. The zero-order chi connectivity index (χ0) is 12.8. The summed E-state index contributed by atoms with van der Waals surface area (Å²) in [5.74, 6) is -0.449. The summed E-state index contributed by atoms with van der Waals surface area (Å²) in [6.45, 7) is 5.09. The maximum atomic E-state index is 11.8. The number of rotatable bonds is 4. The lowest BCUT2D eigenvalue weighted by Crippen LogP contribution is -2.45. The molecule has 0 aromatic rings. The minimum atomic E-state index is -0.609. The highest BCUT2D eigenvalue weighted by molar-refractivity contribution is 6.01. The first-order valence-electron chi connectivity index (χ1n) is 5.91. The fourth-order valence-corrected chi connectivity index (χ4v) is 1.90. The van der Waals surface area contributed by atoms with Crippen molar-refractivity contribution in [2.45, 2.75) is 32.7 Å². The number of carbonyl (C=O) groups excluding carboxylic acids is 1. The van der Waals surface area contributed by atoms with E-state index in [2.05, 4.69) is 10.5 Å². The third kappa shape index (κ3) is 3.89. The van der Waals surface area contributed by atoms with Crippen LogP contribution in [0.15, 0.2) is 5.16 Å². The predicted octanol–water partition coefficient (Wildman–Crippen LogP) is 0.300. The van der Waals surface area contributed by atoms with Gasteiger partial charge in [-0.15, -0.1) is 0 Å². The molecule has 0 aromatic heterocycles. The maximum Gasteiger partial charge on any atom is 0.230 e. The Labute approximate surface area is 101 Å². The van der Waals surface area contributed by atoms with Crippen LogP contribution in [0.1, 0.15) is 26.7 Å². The van der Waals surface area contributed by atoms with Crippen LogP contribution in [-0.2, 0) is 9.53 Å². The van der Waals surface area contributed by atoms with Gasteiger partial charge in [0.05, 0.1) is 5.92 Å². The molecule has 0 spiro atoms. The van der Waals surface area contributed by atoms with E-state index in [0.29, 0.717) is 5.92 Å². The number of ether oxygens (including phenoxy) is 1. The number of nitrogens with two attached hydrogens (primary N) is 1. The van der Waals surface area contributed by atoms with Crippen LogP contribution in [0.25, 0.3) is 0 Å². The van der Waals surface area contributed by atoms with Gasteiger partial charge in [-0.1, -0.05) is 5.16 Å². The van der Waals surface area contributed by atoms with Gasteiger partial charge in [0.25, 0.3) is 0 Å². The minimum Gasteiger partial charge on any atom is -0.409 e. The third-order valence-electron chi connectivity index (χ3n) is 3.30. The molecular formula is C11H21N3O3. The van der Waals surface area contributed by atoms with Crippen LogP contribution in [0.2, 0.25) is 0 Å². The molecule has 1 aliphatic rings. The summed E-state index contributed by atoms with van der Waals surface area (Å²) in [5.41, 5.74) is 5.39. The number of carbonyl (C=O) groups is 1. The molecule has 1 saturated heterocycles. The van der Waals surface area contributed by atoms with E-state index in [1.807, 2.05) is 6.92 Å². The van der Waals surface area contributed by atoms with Crippen molar-refractivity contribution in [1.29, 1.82) is 0 Å². The summed E-state index contributed by atoms with van der Waals surface area (Å²) in [6, 6.07) is 0.0837. The van der Waals surface area contributed by atoms with E-state index in [-0.39, 0.29) is 17.8 Å². The standard InChI is InChI=1S/C11H21N3O3/c1-7(10(12)14-16)11(15)13-8(2)9-3-5-17-6-4-9/h7-9,16H,3-6H2,1-2H3,(H2,12,14)(H,13,15). The Morgan fingerprint density at radius 2 is 2.06 bits per heavy atom. The van der Waals surface area contributed by atoms with Crippen LogP contribution in [0.3, 0.4) is 0 Å². The molecule has 0 radical (unpaired) electrons. The van der Waals surface area contributed by atoms with Gasteiger partial charge in [-0.05, 0) is 32.6 Å². The molecule has 0 bridgehead atoms. The third-order valence-corrected chi connectivity index (χ3v) is 3.30. The largest absolute Gasteiger partial charge is 0.409 e. The van der Waals surface area contributed by atoms with E-state index in [1.54, 1.807) is 6.92 Å². The second-order valence-electron chi connectivity index (χ2n) is 4.49. The van der Waals surface area contributed by atoms with Crippen molar-refractivity contribution in [2.75, 3.05) is 13.2 Å². The zero-order valence-electron chi connectivity index (χ0n) is 10.3. The molecule has 17 heavy (non-hydrogen) atoms. The summed E-state index contributed by atoms with van der Waals surface area (Å²) in [6.07, 6.45) is 1.92. The Morgan fingerprint density at radius 1 is 1.47 bits per heavy atom. The normalized spacial score (nSPS) is 21.9. The number of nitrogens with one attached hydrogen (secondary N) is 1. The van der Waals surface area contributed by atoms with Crippen molar-refractivity contribution in [3.8, 4) is 0 Å². The van der Waals surface area contributed by atoms with Crippen LogP contribution >= 0.6 is 0 Å². The number of nitrogens with zero attached hydrogens (tertiary/aromatic N) is 1. The maximum absolute atomic E-state index is 11.8. The van der Waals surface area contributed by atoms with Gasteiger partial charge in [0, 0.05) is 19.3 Å². The van der Waals surface area contributed by atoms with Crippen LogP contribution in [0, 0.1) is 11.8 Å². The molecule has 1 fully saturated rings. The quantitative estimate of drug-likeness (QED) is 0.286. The van der Waals surface area contributed by atoms with Crippen molar-refractivity contribution in [3.63, 3.8) is 0 Å². The predicted molar refractivity (Wildman–Crippen MR) is 63.7 cm³/mol. The monoisotopic (exact) mass is 243 g/mol. The van der Waals surface area contributed by atoms with Gasteiger partial charge in [-0.3, -0.25) is 4.79 Å². The van der Waals surface area contributed by atoms with Crippen LogP contribution in [-0.4, -0.2) is 36.2 Å². The molecule has 0 saturated carbocycles. The van der Waals surface area contributed by atoms with Crippen molar-refractivity contribution in [3.05, 3.63) is 0 Å². The van der Waals surface area contributed by atoms with E-state index in [0.717, 1.165) is 26.1 Å². The van der Waals surface area contributed by atoms with Gasteiger partial charge in [0.1, 0.15) is 0 Å². The Hall–Kier alpha value is -1.30. The van der Waals surface area contributed by atoms with Crippen molar-refractivity contribution < 1.29 is 14.7 Å². The Balaban J connectivity index is 2.44. The highest BCUT2D eigenvalue weighted by Gasteiger charge is 2.25. The fraction of sp³-hybridized carbons (Fsp3) is 0.818. The minimum absolute atomic E-state index is 0.0679. The summed E-state index contributed by atoms with van der Waals surface area (Å²) >= 11 is 0. The van der Waals surface area contributed by atoms with Crippen molar-refractivity contribution >= 4 is 11.7 Å². The Bertz CT molecular complexity index is 288. The lowest BCUT2D eigenvalue weighted by atomic mass is 9.92. The SMILES string of the molecule is CC(C(=O)NC(C)C1CCOCC1)C(N)=NO. The van der Waals surface area contributed by atoms with Crippen LogP contribution in [0.5, 0.6) is 0 Å². The van der Waals surface area contributed by atoms with E-state index < -0.39 is 5.92 Å². The lowest BCUT2D eigenvalue weighted by Gasteiger charge is -2.29. The molecule has 0 aromatic carbocycles. The second-order valence-corrected chi connectivity index (χ2v) is 4.49. The molecule has 1 amide bonds. The lowest BCUT2D eigenvalue weighted by molar-refractivity contribution is -0.123. The molecule has 4 N–H and O–H groups in total. The summed E-state index contributed by atoms with van der Waals surface area (Å²) in [4.78, 5) is 11.8. The Kier molecular flexibility index (Phi) is 5.21. The number of oxime groups is 1. The number of amides is 1. The average Bonchev–Trinajstić information content (AvgIpc) is 2.37. The zero-order valence-corrected chi connectivity index (χ0v) is 10.3. The summed E-state index contributed by atoms with van der Waals surface area (Å²) in [5, 5.41) is 14.2. The number of hydrogen-bond acceptors (Lipinski definition) is 4. The molecule has 2 atom stereocenters. The van der Waals surface area contributed by atoms with E-state index >= 15 is 0 Å². The van der Waals surface area contributed by atoms with Gasteiger partial charge >= 0.3 is 0 Å². The van der Waals surface area contributed by atoms with Crippen LogP contribution in [0.4, 0.5) is 0 Å². The topological polar surface area (TPSA) is 96.9 Å². The first-order valence-corrected chi connectivity index (χ1v) is 5.91. The van der Waals surface area contributed by atoms with Crippen LogP contribution < -0.4 is 11.1 Å². The first kappa shape index (κ1) is 13.8. The molecule has 1 heterocycles. The van der Waals surface area contributed by atoms with Gasteiger partial charge in [0.2, 0.25) is 5.91 Å². The molecule has 2 unspecified atom stereocenters. The first-order chi connectivity index (χ1) is 8.06. The molecule has 6 nitrogen and oxygen atoms in total. The molecular weight excluding hydrogens is 222 g/mol. The van der Waals surface area contributed by atoms with Gasteiger partial charge in [-0.2, -0.15) is 0 Å². The highest BCUT2D eigenvalue weighted by Crippen LogP contribution is 2.18. The van der Waals surface area contributed by atoms with E-state index in [9.17, 15) is 4.79 Å². The van der Waals surface area contributed by atoms with E-state index in [4.69, 9.17) is 15.7 Å². The smallest absolute Gasteiger partial charge is 0.230 e. The fourth-order valence-electron chi connectivity index (χ4n) is 1.90. The highest BCUT2D eigenvalue weighted by atomic mass is 16.5. The summed E-state index contributed by atoms with van der Waals surface area (Å²) in [7, 11) is 0. The summed E-state index contributed by atoms with van der Waals surface area (Å²) < 4.78 is 5.27. The second kappa shape index (κ2) is 6.44. The van der Waals surface area contributed by atoms with Crippen molar-refractivity contribution in [1.82, 2.24) is 5.32 Å². The molecule has 98 valence electrons. The molecule has 1 rings (SSSR count). The van der Waals surface area contributed by atoms with Gasteiger partial charge in [-0.25, -0.2) is 0 Å². The average molecular weight is 243 g/mol. The van der Waals surface area contributed by atoms with E-state index in [1.165, 1.54) is 0 Å². The molecule has 6 heteroatoms.